The van der Waals surface area contributed by atoms with E-state index in [9.17, 15) is 17.6 Å². The summed E-state index contributed by atoms with van der Waals surface area (Å²) in [6.45, 7) is 0. The molecule has 20 heavy (non-hydrogen) atoms. The number of nitrogens with one attached hydrogen (secondary N) is 1. The molecule has 0 saturated heterocycles. The van der Waals surface area contributed by atoms with E-state index in [1.165, 1.54) is 42.6 Å². The third-order valence-electron chi connectivity index (χ3n) is 2.45. The summed E-state index contributed by atoms with van der Waals surface area (Å²) in [5, 5.41) is 7.33. The van der Waals surface area contributed by atoms with Crippen molar-refractivity contribution in [3.63, 3.8) is 0 Å². The Morgan fingerprint density at radius 1 is 1.20 bits per heavy atom. The number of pyridine rings is 1. The van der Waals surface area contributed by atoms with Crippen molar-refractivity contribution in [1.82, 2.24) is 4.98 Å². The van der Waals surface area contributed by atoms with Gasteiger partial charge in [-0.25, -0.2) is 18.5 Å². The molecule has 0 bridgehead atoms. The van der Waals surface area contributed by atoms with Gasteiger partial charge in [-0.2, -0.15) is 4.39 Å². The number of nitrogens with zero attached hydrogens (tertiary/aromatic N) is 1. The van der Waals surface area contributed by atoms with E-state index in [0.717, 1.165) is 0 Å². The fourth-order valence-corrected chi connectivity index (χ4v) is 2.26. The van der Waals surface area contributed by atoms with E-state index in [1.807, 2.05) is 0 Å². The summed E-state index contributed by atoms with van der Waals surface area (Å²) < 4.78 is 36.1. The Bertz CT molecular complexity index is 762. The summed E-state index contributed by atoms with van der Waals surface area (Å²) in [6.07, 6.45) is 1.20. The summed E-state index contributed by atoms with van der Waals surface area (Å²) in [4.78, 5) is 15.0. The molecular formula is C12H10FN3O3S. The molecule has 1 amide bonds. The quantitative estimate of drug-likeness (QED) is 0.828. The zero-order valence-corrected chi connectivity index (χ0v) is 10.9. The number of sulfonamides is 1. The largest absolute Gasteiger partial charge is 0.321 e. The van der Waals surface area contributed by atoms with Gasteiger partial charge in [0, 0.05) is 6.20 Å². The number of halogens is 1. The minimum Gasteiger partial charge on any atom is -0.321 e. The summed E-state index contributed by atoms with van der Waals surface area (Å²) in [7, 11) is -4.00. The van der Waals surface area contributed by atoms with Crippen molar-refractivity contribution in [2.75, 3.05) is 5.32 Å². The highest BCUT2D eigenvalue weighted by Gasteiger charge is 2.17. The van der Waals surface area contributed by atoms with E-state index >= 15 is 0 Å². The van der Waals surface area contributed by atoms with Gasteiger partial charge in [0.05, 0.1) is 11.3 Å². The Morgan fingerprint density at radius 2 is 1.90 bits per heavy atom. The standard InChI is InChI=1S/C12H10FN3O3S/c13-11-8(4-3-7-15-11)12(17)16-9-5-1-2-6-10(9)20(14,18)19/h1-7H,(H,16,17)(H2,14,18,19). The molecule has 0 atom stereocenters. The van der Waals surface area contributed by atoms with Crippen LogP contribution in [0.5, 0.6) is 0 Å². The summed E-state index contributed by atoms with van der Waals surface area (Å²) in [5.41, 5.74) is -0.319. The number of carbonyl (C=O) groups excluding carboxylic acids is 1. The maximum Gasteiger partial charge on any atom is 0.260 e. The summed E-state index contributed by atoms with van der Waals surface area (Å²) in [5.74, 6) is -1.76. The molecule has 1 aromatic heterocycles. The number of para-hydroxylation sites is 1. The molecule has 1 aromatic carbocycles. The molecule has 3 N–H and O–H groups in total. The molecule has 0 saturated carbocycles. The van der Waals surface area contributed by atoms with Crippen LogP contribution in [-0.4, -0.2) is 19.3 Å². The predicted molar refractivity (Wildman–Crippen MR) is 70.0 cm³/mol. The third kappa shape index (κ3) is 2.98. The van der Waals surface area contributed by atoms with Crippen molar-refractivity contribution in [1.29, 1.82) is 0 Å². The zero-order chi connectivity index (χ0) is 14.8. The lowest BCUT2D eigenvalue weighted by Crippen LogP contribution is -2.19. The molecular weight excluding hydrogens is 285 g/mol. The van der Waals surface area contributed by atoms with E-state index in [1.54, 1.807) is 0 Å². The molecule has 0 unspecified atom stereocenters. The van der Waals surface area contributed by atoms with E-state index in [4.69, 9.17) is 5.14 Å². The number of rotatable bonds is 3. The highest BCUT2D eigenvalue weighted by atomic mass is 32.2. The maximum atomic E-state index is 13.4. The van der Waals surface area contributed by atoms with Crippen molar-refractivity contribution in [3.05, 3.63) is 54.1 Å². The highest BCUT2D eigenvalue weighted by molar-refractivity contribution is 7.89. The van der Waals surface area contributed by atoms with Crippen molar-refractivity contribution < 1.29 is 17.6 Å². The summed E-state index contributed by atoms with van der Waals surface area (Å²) >= 11 is 0. The van der Waals surface area contributed by atoms with E-state index in [0.29, 0.717) is 0 Å². The first-order chi connectivity index (χ1) is 9.39. The van der Waals surface area contributed by atoms with Crippen LogP contribution in [0.25, 0.3) is 0 Å². The second-order valence-electron chi connectivity index (χ2n) is 3.84. The van der Waals surface area contributed by atoms with Gasteiger partial charge in [0.1, 0.15) is 4.90 Å². The first kappa shape index (κ1) is 14.1. The Hall–Kier alpha value is -2.32. The molecule has 8 heteroatoms. The van der Waals surface area contributed by atoms with Crippen molar-refractivity contribution in [2.45, 2.75) is 4.90 Å². The third-order valence-corrected chi connectivity index (χ3v) is 3.41. The lowest BCUT2D eigenvalue weighted by molar-refractivity contribution is 0.102. The average molecular weight is 295 g/mol. The fourth-order valence-electron chi connectivity index (χ4n) is 1.56. The number of primary sulfonamides is 1. The number of carbonyl (C=O) groups is 1. The zero-order valence-electron chi connectivity index (χ0n) is 10.1. The first-order valence-electron chi connectivity index (χ1n) is 5.43. The van der Waals surface area contributed by atoms with Gasteiger partial charge in [-0.15, -0.1) is 0 Å². The Balaban J connectivity index is 2.37. The lowest BCUT2D eigenvalue weighted by atomic mass is 10.2. The lowest BCUT2D eigenvalue weighted by Gasteiger charge is -2.09. The Labute approximate surface area is 114 Å². The number of hydrogen-bond donors (Lipinski definition) is 2. The van der Waals surface area contributed by atoms with Crippen LogP contribution in [0.1, 0.15) is 10.4 Å². The molecule has 6 nitrogen and oxygen atoms in total. The number of benzene rings is 1. The van der Waals surface area contributed by atoms with Crippen molar-refractivity contribution in [3.8, 4) is 0 Å². The number of anilines is 1. The topological polar surface area (TPSA) is 102 Å². The Kier molecular flexibility index (Phi) is 3.77. The van der Waals surface area contributed by atoms with Gasteiger partial charge in [0.25, 0.3) is 5.91 Å². The minimum atomic E-state index is -4.00. The number of nitrogens with two attached hydrogens (primary N) is 1. The molecule has 104 valence electrons. The molecule has 0 spiro atoms. The molecule has 0 aliphatic rings. The molecule has 2 rings (SSSR count). The van der Waals surface area contributed by atoms with Crippen LogP contribution in [0, 0.1) is 5.95 Å². The van der Waals surface area contributed by atoms with E-state index < -0.39 is 21.9 Å². The monoisotopic (exact) mass is 295 g/mol. The average Bonchev–Trinajstić information content (AvgIpc) is 2.38. The predicted octanol–water partition coefficient (Wildman–Crippen LogP) is 1.12. The van der Waals surface area contributed by atoms with Crippen LogP contribution >= 0.6 is 0 Å². The van der Waals surface area contributed by atoms with Gasteiger partial charge in [-0.1, -0.05) is 12.1 Å². The van der Waals surface area contributed by atoms with Gasteiger partial charge in [-0.05, 0) is 24.3 Å². The van der Waals surface area contributed by atoms with E-state index in [2.05, 4.69) is 10.3 Å². The van der Waals surface area contributed by atoms with Crippen LogP contribution in [0.3, 0.4) is 0 Å². The first-order valence-corrected chi connectivity index (χ1v) is 6.98. The SMILES string of the molecule is NS(=O)(=O)c1ccccc1NC(=O)c1cccnc1F. The van der Waals surface area contributed by atoms with E-state index in [-0.39, 0.29) is 16.1 Å². The second kappa shape index (κ2) is 5.35. The molecule has 2 aromatic rings. The maximum absolute atomic E-state index is 13.4. The van der Waals surface area contributed by atoms with Crippen LogP contribution in [0.4, 0.5) is 10.1 Å². The van der Waals surface area contributed by atoms with Crippen molar-refractivity contribution >= 4 is 21.6 Å². The molecule has 1 heterocycles. The van der Waals surface area contributed by atoms with Crippen LogP contribution in [0.15, 0.2) is 47.5 Å². The number of aromatic nitrogens is 1. The van der Waals surface area contributed by atoms with Crippen molar-refractivity contribution in [2.24, 2.45) is 5.14 Å². The smallest absolute Gasteiger partial charge is 0.260 e. The Morgan fingerprint density at radius 3 is 2.55 bits per heavy atom. The normalized spacial score (nSPS) is 11.1. The van der Waals surface area contributed by atoms with Gasteiger partial charge >= 0.3 is 0 Å². The van der Waals surface area contributed by atoms with Crippen LogP contribution < -0.4 is 10.5 Å². The van der Waals surface area contributed by atoms with Gasteiger partial charge in [0.15, 0.2) is 0 Å². The summed E-state index contributed by atoms with van der Waals surface area (Å²) in [6, 6.07) is 8.20. The number of hydrogen-bond acceptors (Lipinski definition) is 4. The van der Waals surface area contributed by atoms with Gasteiger partial charge in [-0.3, -0.25) is 4.79 Å². The number of amides is 1. The molecule has 0 aliphatic carbocycles. The second-order valence-corrected chi connectivity index (χ2v) is 5.37. The van der Waals surface area contributed by atoms with Crippen LogP contribution in [0.2, 0.25) is 0 Å². The molecule has 0 aliphatic heterocycles. The molecule has 0 radical (unpaired) electrons. The minimum absolute atomic E-state index is 0.0248. The highest BCUT2D eigenvalue weighted by Crippen LogP contribution is 2.20. The molecule has 0 fully saturated rings. The fraction of sp³-hybridized carbons (Fsp3) is 0. The van der Waals surface area contributed by atoms with Gasteiger partial charge < -0.3 is 5.32 Å². The van der Waals surface area contributed by atoms with Crippen LogP contribution in [-0.2, 0) is 10.0 Å². The van der Waals surface area contributed by atoms with Gasteiger partial charge in [0.2, 0.25) is 16.0 Å².